The van der Waals surface area contributed by atoms with Gasteiger partial charge in [0.05, 0.1) is 29.9 Å². The molecule has 0 saturated carbocycles. The van der Waals surface area contributed by atoms with Crippen LogP contribution in [-0.2, 0) is 13.1 Å². The number of nitrogens with one attached hydrogen (secondary N) is 2. The van der Waals surface area contributed by atoms with Gasteiger partial charge in [-0.2, -0.15) is 5.10 Å². The first-order valence-electron chi connectivity index (χ1n) is 9.40. The van der Waals surface area contributed by atoms with Gasteiger partial charge in [-0.05, 0) is 30.3 Å². The number of urea groups is 1. The number of aromatic nitrogens is 3. The van der Waals surface area contributed by atoms with E-state index in [-0.39, 0.29) is 18.6 Å². The summed E-state index contributed by atoms with van der Waals surface area (Å²) in [4.78, 5) is 29.2. The third-order valence-electron chi connectivity index (χ3n) is 4.60. The Hall–Kier alpha value is -4.14. The average Bonchev–Trinajstić information content (AvgIpc) is 2.78. The monoisotopic (exact) mass is 421 g/mol. The molecule has 0 unspecified atom stereocenters. The quantitative estimate of drug-likeness (QED) is 0.517. The SMILES string of the molecule is O=C(NCc1nn(Cc2ccccn2)c(=O)c2ccccc12)Nc1c(F)cccc1F. The van der Waals surface area contributed by atoms with Crippen LogP contribution < -0.4 is 16.2 Å². The molecule has 9 heteroatoms. The molecule has 4 rings (SSSR count). The van der Waals surface area contributed by atoms with Crippen LogP contribution in [0.2, 0.25) is 0 Å². The summed E-state index contributed by atoms with van der Waals surface area (Å²) in [6.45, 7) is 0.0923. The molecule has 0 aliphatic carbocycles. The van der Waals surface area contributed by atoms with E-state index in [1.54, 1.807) is 42.6 Å². The van der Waals surface area contributed by atoms with Crippen molar-refractivity contribution in [2.75, 3.05) is 5.32 Å². The molecule has 31 heavy (non-hydrogen) atoms. The minimum atomic E-state index is -0.886. The summed E-state index contributed by atoms with van der Waals surface area (Å²) < 4.78 is 28.8. The smallest absolute Gasteiger partial charge is 0.319 e. The number of carbonyl (C=O) groups is 1. The van der Waals surface area contributed by atoms with Crippen molar-refractivity contribution in [3.63, 3.8) is 0 Å². The summed E-state index contributed by atoms with van der Waals surface area (Å²) in [5.41, 5.74) is 0.246. The van der Waals surface area contributed by atoms with Crippen molar-refractivity contribution in [1.82, 2.24) is 20.1 Å². The molecule has 2 aromatic carbocycles. The van der Waals surface area contributed by atoms with E-state index in [2.05, 4.69) is 20.7 Å². The number of amides is 2. The normalized spacial score (nSPS) is 10.8. The zero-order valence-corrected chi connectivity index (χ0v) is 16.2. The van der Waals surface area contributed by atoms with Gasteiger partial charge in [-0.1, -0.05) is 30.3 Å². The molecule has 2 amide bonds. The van der Waals surface area contributed by atoms with Crippen LogP contribution in [0.3, 0.4) is 0 Å². The molecule has 0 radical (unpaired) electrons. The molecule has 0 aliphatic heterocycles. The number of nitrogens with zero attached hydrogens (tertiary/aromatic N) is 3. The van der Waals surface area contributed by atoms with Crippen LogP contribution in [0.15, 0.2) is 71.7 Å². The molecule has 7 nitrogen and oxygen atoms in total. The molecule has 2 heterocycles. The number of hydrogen-bond donors (Lipinski definition) is 2. The van der Waals surface area contributed by atoms with Gasteiger partial charge in [-0.25, -0.2) is 18.3 Å². The fourth-order valence-electron chi connectivity index (χ4n) is 3.13. The Labute approximate surface area is 175 Å². The van der Waals surface area contributed by atoms with Crippen LogP contribution in [0.5, 0.6) is 0 Å². The second-order valence-electron chi connectivity index (χ2n) is 6.68. The summed E-state index contributed by atoms with van der Waals surface area (Å²) in [5.74, 6) is -1.77. The summed E-state index contributed by atoms with van der Waals surface area (Å²) in [5, 5.41) is 10.1. The maximum absolute atomic E-state index is 13.7. The molecule has 2 N–H and O–H groups in total. The van der Waals surface area contributed by atoms with Gasteiger partial charge in [0.2, 0.25) is 0 Å². The van der Waals surface area contributed by atoms with E-state index >= 15 is 0 Å². The molecule has 0 fully saturated rings. The maximum atomic E-state index is 13.7. The number of halogens is 2. The Balaban J connectivity index is 1.60. The number of carbonyl (C=O) groups excluding carboxylic acids is 1. The van der Waals surface area contributed by atoms with E-state index in [4.69, 9.17) is 0 Å². The lowest BCUT2D eigenvalue weighted by atomic mass is 10.1. The number of pyridine rings is 1. The van der Waals surface area contributed by atoms with E-state index < -0.39 is 23.4 Å². The van der Waals surface area contributed by atoms with Crippen LogP contribution in [0, 0.1) is 11.6 Å². The van der Waals surface area contributed by atoms with Gasteiger partial charge in [-0.15, -0.1) is 0 Å². The molecule has 0 saturated heterocycles. The third kappa shape index (κ3) is 4.40. The maximum Gasteiger partial charge on any atom is 0.319 e. The Morgan fingerprint density at radius 1 is 0.935 bits per heavy atom. The molecular weight excluding hydrogens is 404 g/mol. The predicted molar refractivity (Wildman–Crippen MR) is 112 cm³/mol. The van der Waals surface area contributed by atoms with Gasteiger partial charge in [-0.3, -0.25) is 9.78 Å². The van der Waals surface area contributed by atoms with Gasteiger partial charge in [0.1, 0.15) is 17.3 Å². The van der Waals surface area contributed by atoms with Crippen molar-refractivity contribution >= 4 is 22.5 Å². The summed E-state index contributed by atoms with van der Waals surface area (Å²) in [6, 6.07) is 14.7. The first-order chi connectivity index (χ1) is 15.0. The van der Waals surface area contributed by atoms with Crippen molar-refractivity contribution in [1.29, 1.82) is 0 Å². The van der Waals surface area contributed by atoms with Gasteiger partial charge in [0.25, 0.3) is 5.56 Å². The number of rotatable bonds is 5. The van der Waals surface area contributed by atoms with Crippen molar-refractivity contribution in [3.05, 3.63) is 100 Å². The Morgan fingerprint density at radius 2 is 1.65 bits per heavy atom. The minimum absolute atomic E-state index is 0.0646. The van der Waals surface area contributed by atoms with Crippen LogP contribution in [0.1, 0.15) is 11.4 Å². The van der Waals surface area contributed by atoms with Crippen molar-refractivity contribution in [3.8, 4) is 0 Å². The van der Waals surface area contributed by atoms with Gasteiger partial charge < -0.3 is 10.6 Å². The third-order valence-corrected chi connectivity index (χ3v) is 4.60. The first kappa shape index (κ1) is 20.1. The largest absolute Gasteiger partial charge is 0.332 e. The molecule has 0 aliphatic rings. The molecule has 0 bridgehead atoms. The number of hydrogen-bond acceptors (Lipinski definition) is 4. The lowest BCUT2D eigenvalue weighted by Gasteiger charge is -2.12. The summed E-state index contributed by atoms with van der Waals surface area (Å²) >= 11 is 0. The Morgan fingerprint density at radius 3 is 2.35 bits per heavy atom. The number of para-hydroxylation sites is 1. The van der Waals surface area contributed by atoms with Crippen LogP contribution >= 0.6 is 0 Å². The average molecular weight is 421 g/mol. The van der Waals surface area contributed by atoms with Gasteiger partial charge in [0, 0.05) is 11.6 Å². The number of benzene rings is 2. The Kier molecular flexibility index (Phi) is 5.65. The highest BCUT2D eigenvalue weighted by atomic mass is 19.1. The van der Waals surface area contributed by atoms with Crippen molar-refractivity contribution < 1.29 is 13.6 Å². The fraction of sp³-hybridized carbons (Fsp3) is 0.0909. The van der Waals surface area contributed by atoms with E-state index in [1.807, 2.05) is 6.07 Å². The fourth-order valence-corrected chi connectivity index (χ4v) is 3.13. The molecule has 0 spiro atoms. The number of anilines is 1. The minimum Gasteiger partial charge on any atom is -0.332 e. The Bertz CT molecular complexity index is 1290. The number of fused-ring (bicyclic) bond motifs is 1. The van der Waals surface area contributed by atoms with Gasteiger partial charge >= 0.3 is 6.03 Å². The van der Waals surface area contributed by atoms with Crippen LogP contribution in [-0.4, -0.2) is 20.8 Å². The molecule has 0 atom stereocenters. The van der Waals surface area contributed by atoms with E-state index in [9.17, 15) is 18.4 Å². The zero-order chi connectivity index (χ0) is 21.8. The van der Waals surface area contributed by atoms with Crippen LogP contribution in [0.4, 0.5) is 19.3 Å². The predicted octanol–water partition coefficient (Wildman–Crippen LogP) is 3.44. The van der Waals surface area contributed by atoms with E-state index in [0.29, 0.717) is 22.2 Å². The second kappa shape index (κ2) is 8.70. The molecule has 2 aromatic heterocycles. The lowest BCUT2D eigenvalue weighted by Crippen LogP contribution is -2.31. The summed E-state index contributed by atoms with van der Waals surface area (Å²) in [7, 11) is 0. The highest BCUT2D eigenvalue weighted by Gasteiger charge is 2.14. The van der Waals surface area contributed by atoms with Gasteiger partial charge in [0.15, 0.2) is 0 Å². The van der Waals surface area contributed by atoms with Crippen molar-refractivity contribution in [2.24, 2.45) is 0 Å². The zero-order valence-electron chi connectivity index (χ0n) is 16.2. The topological polar surface area (TPSA) is 88.9 Å². The van der Waals surface area contributed by atoms with Crippen molar-refractivity contribution in [2.45, 2.75) is 13.1 Å². The highest BCUT2D eigenvalue weighted by Crippen LogP contribution is 2.18. The standard InChI is InChI=1S/C22H17F2N5O2/c23-17-9-5-10-18(24)20(17)27-22(31)26-12-19-15-7-1-2-8-16(15)21(30)29(28-19)13-14-6-3-4-11-25-14/h1-11H,12-13H2,(H2,26,27,31). The first-order valence-corrected chi connectivity index (χ1v) is 9.40. The highest BCUT2D eigenvalue weighted by molar-refractivity contribution is 5.90. The summed E-state index contributed by atoms with van der Waals surface area (Å²) in [6.07, 6.45) is 1.62. The molecule has 156 valence electrons. The lowest BCUT2D eigenvalue weighted by molar-refractivity contribution is 0.251. The van der Waals surface area contributed by atoms with E-state index in [0.717, 1.165) is 12.1 Å². The molecular formula is C22H17F2N5O2. The van der Waals surface area contributed by atoms with Crippen LogP contribution in [0.25, 0.3) is 10.8 Å². The molecule has 4 aromatic rings. The van der Waals surface area contributed by atoms with E-state index in [1.165, 1.54) is 10.7 Å². The second-order valence-corrected chi connectivity index (χ2v) is 6.68.